The minimum atomic E-state index is 0.827. The van der Waals surface area contributed by atoms with Crippen LogP contribution in [0.25, 0.3) is 0 Å². The first-order chi connectivity index (χ1) is 6.62. The first-order valence-electron chi connectivity index (χ1n) is 5.28. The molecule has 2 heteroatoms. The molecule has 2 nitrogen and oxygen atoms in total. The van der Waals surface area contributed by atoms with Gasteiger partial charge in [-0.15, -0.1) is 0 Å². The summed E-state index contributed by atoms with van der Waals surface area (Å²) in [6.45, 7) is 6.54. The second kappa shape index (κ2) is 4.58. The molecule has 0 heterocycles. The minimum Gasteiger partial charge on any atom is -0.217 e. The van der Waals surface area contributed by atoms with E-state index in [4.69, 9.17) is 0 Å². The lowest BCUT2D eigenvalue weighted by Gasteiger charge is -2.38. The first-order valence-corrected chi connectivity index (χ1v) is 5.28. The minimum absolute atomic E-state index is 0.827. The lowest BCUT2D eigenvalue weighted by atomic mass is 10.3. The summed E-state index contributed by atoms with van der Waals surface area (Å²) in [5, 5.41) is 2.41. The summed E-state index contributed by atoms with van der Waals surface area (Å²) in [5.41, 5.74) is 1.33. The molecule has 0 unspecified atom stereocenters. The normalized spacial score (nSPS) is 12.1. The second-order valence-corrected chi connectivity index (χ2v) is 3.87. The average molecular weight is 193 g/mol. The molecular weight excluding hydrogens is 172 g/mol. The zero-order valence-corrected chi connectivity index (χ0v) is 9.70. The van der Waals surface area contributed by atoms with Gasteiger partial charge in [0.05, 0.1) is 14.1 Å². The van der Waals surface area contributed by atoms with Crippen molar-refractivity contribution in [3.8, 4) is 0 Å². The highest BCUT2D eigenvalue weighted by Crippen LogP contribution is 2.20. The third kappa shape index (κ3) is 2.14. The second-order valence-electron chi connectivity index (χ2n) is 3.87. The van der Waals surface area contributed by atoms with Crippen molar-refractivity contribution < 1.29 is 0 Å². The van der Waals surface area contributed by atoms with E-state index in [0.29, 0.717) is 0 Å². The van der Waals surface area contributed by atoms with Crippen molar-refractivity contribution in [3.05, 3.63) is 30.3 Å². The lowest BCUT2D eigenvalue weighted by Crippen LogP contribution is -2.55. The average Bonchev–Trinajstić information content (AvgIpc) is 2.20. The fourth-order valence-electron chi connectivity index (χ4n) is 1.89. The standard InChI is InChI=1S/C12H21N2/c1-5-13(6-2)14(3,4)12-10-8-7-9-11-12/h7-11H,5-6H2,1-4H3/q+1. The zero-order chi connectivity index (χ0) is 10.6. The van der Waals surface area contributed by atoms with Crippen molar-refractivity contribution in [2.45, 2.75) is 13.8 Å². The van der Waals surface area contributed by atoms with Gasteiger partial charge < -0.3 is 0 Å². The van der Waals surface area contributed by atoms with Gasteiger partial charge in [0.15, 0.2) is 5.69 Å². The predicted octanol–water partition coefficient (Wildman–Crippen LogP) is 2.51. The third-order valence-electron chi connectivity index (χ3n) is 2.83. The Kier molecular flexibility index (Phi) is 3.67. The number of rotatable bonds is 4. The van der Waals surface area contributed by atoms with Crippen molar-refractivity contribution in [2.24, 2.45) is 0 Å². The van der Waals surface area contributed by atoms with Gasteiger partial charge in [-0.05, 0) is 13.8 Å². The summed E-state index contributed by atoms with van der Waals surface area (Å²) < 4.78 is 0.827. The maximum atomic E-state index is 2.41. The quantitative estimate of drug-likeness (QED) is 0.524. The van der Waals surface area contributed by atoms with E-state index in [9.17, 15) is 0 Å². The molecular formula is C12H21N2+. The molecule has 0 N–H and O–H groups in total. The van der Waals surface area contributed by atoms with Gasteiger partial charge in [0.1, 0.15) is 0 Å². The number of nitrogens with zero attached hydrogens (tertiary/aromatic N) is 2. The Morgan fingerprint density at radius 3 is 1.93 bits per heavy atom. The SMILES string of the molecule is CCN(CC)[N+](C)(C)c1ccccc1. The van der Waals surface area contributed by atoms with Crippen LogP contribution < -0.4 is 4.59 Å². The van der Waals surface area contributed by atoms with E-state index >= 15 is 0 Å². The number of benzene rings is 1. The summed E-state index contributed by atoms with van der Waals surface area (Å²) in [7, 11) is 4.45. The predicted molar refractivity (Wildman–Crippen MR) is 63.0 cm³/mol. The highest BCUT2D eigenvalue weighted by Gasteiger charge is 2.25. The van der Waals surface area contributed by atoms with Crippen LogP contribution in [0.5, 0.6) is 0 Å². The van der Waals surface area contributed by atoms with Crippen molar-refractivity contribution >= 4 is 5.69 Å². The molecule has 1 aromatic carbocycles. The molecule has 0 amide bonds. The molecule has 14 heavy (non-hydrogen) atoms. The van der Waals surface area contributed by atoms with E-state index in [2.05, 4.69) is 63.3 Å². The molecule has 0 fully saturated rings. The zero-order valence-electron chi connectivity index (χ0n) is 9.70. The number of hydrogen-bond donors (Lipinski definition) is 0. The van der Waals surface area contributed by atoms with Crippen molar-refractivity contribution in [1.82, 2.24) is 9.60 Å². The molecule has 0 spiro atoms. The van der Waals surface area contributed by atoms with Gasteiger partial charge in [0, 0.05) is 25.2 Å². The van der Waals surface area contributed by atoms with Gasteiger partial charge in [-0.2, -0.15) is 5.01 Å². The van der Waals surface area contributed by atoms with Gasteiger partial charge in [-0.25, -0.2) is 4.59 Å². The summed E-state index contributed by atoms with van der Waals surface area (Å²) >= 11 is 0. The monoisotopic (exact) mass is 193 g/mol. The van der Waals surface area contributed by atoms with Crippen molar-refractivity contribution in [1.29, 1.82) is 0 Å². The van der Waals surface area contributed by atoms with Crippen LogP contribution in [0.4, 0.5) is 5.69 Å². The smallest absolute Gasteiger partial charge is 0.151 e. The van der Waals surface area contributed by atoms with Crippen LogP contribution in [0.3, 0.4) is 0 Å². The molecule has 0 radical (unpaired) electrons. The molecule has 0 bridgehead atoms. The first kappa shape index (κ1) is 11.2. The van der Waals surface area contributed by atoms with E-state index in [1.165, 1.54) is 5.69 Å². The highest BCUT2D eigenvalue weighted by molar-refractivity contribution is 5.40. The van der Waals surface area contributed by atoms with E-state index < -0.39 is 0 Å². The van der Waals surface area contributed by atoms with E-state index in [0.717, 1.165) is 17.7 Å². The van der Waals surface area contributed by atoms with Gasteiger partial charge in [0.25, 0.3) is 0 Å². The van der Waals surface area contributed by atoms with E-state index in [1.807, 2.05) is 0 Å². The summed E-state index contributed by atoms with van der Waals surface area (Å²) in [6.07, 6.45) is 0. The molecule has 0 aliphatic carbocycles. The Balaban J connectivity index is 2.94. The molecule has 0 saturated carbocycles. The molecule has 0 aromatic heterocycles. The highest BCUT2D eigenvalue weighted by atomic mass is 15.7. The van der Waals surface area contributed by atoms with Crippen molar-refractivity contribution in [3.63, 3.8) is 0 Å². The van der Waals surface area contributed by atoms with E-state index in [1.54, 1.807) is 0 Å². The number of para-hydroxylation sites is 1. The van der Waals surface area contributed by atoms with Gasteiger partial charge in [0.2, 0.25) is 0 Å². The van der Waals surface area contributed by atoms with Crippen LogP contribution in [-0.2, 0) is 0 Å². The molecule has 0 atom stereocenters. The van der Waals surface area contributed by atoms with Crippen LogP contribution in [-0.4, -0.2) is 32.2 Å². The molecule has 0 aliphatic heterocycles. The topological polar surface area (TPSA) is 3.24 Å². The van der Waals surface area contributed by atoms with Crippen molar-refractivity contribution in [2.75, 3.05) is 27.2 Å². The fraction of sp³-hybridized carbons (Fsp3) is 0.500. The summed E-state index contributed by atoms with van der Waals surface area (Å²) in [4.78, 5) is 0. The number of hydrogen-bond acceptors (Lipinski definition) is 1. The van der Waals surface area contributed by atoms with E-state index in [-0.39, 0.29) is 0 Å². The Bertz CT molecular complexity index is 263. The van der Waals surface area contributed by atoms with Crippen LogP contribution in [0.2, 0.25) is 0 Å². The molecule has 78 valence electrons. The maximum Gasteiger partial charge on any atom is 0.151 e. The Morgan fingerprint density at radius 2 is 1.50 bits per heavy atom. The molecule has 0 aliphatic rings. The summed E-state index contributed by atoms with van der Waals surface area (Å²) in [6, 6.07) is 10.6. The van der Waals surface area contributed by atoms with Crippen LogP contribution in [0.1, 0.15) is 13.8 Å². The van der Waals surface area contributed by atoms with Crippen LogP contribution in [0.15, 0.2) is 30.3 Å². The van der Waals surface area contributed by atoms with Crippen LogP contribution >= 0.6 is 0 Å². The Morgan fingerprint density at radius 1 is 1.00 bits per heavy atom. The largest absolute Gasteiger partial charge is 0.217 e. The Labute approximate surface area is 87.3 Å². The fourth-order valence-corrected chi connectivity index (χ4v) is 1.89. The van der Waals surface area contributed by atoms with Gasteiger partial charge in [-0.1, -0.05) is 18.2 Å². The molecule has 1 aromatic rings. The molecule has 1 rings (SSSR count). The summed E-state index contributed by atoms with van der Waals surface area (Å²) in [5.74, 6) is 0. The molecule has 0 saturated heterocycles. The van der Waals surface area contributed by atoms with Gasteiger partial charge >= 0.3 is 0 Å². The third-order valence-corrected chi connectivity index (χ3v) is 2.83. The maximum absolute atomic E-state index is 2.41. The lowest BCUT2D eigenvalue weighted by molar-refractivity contribution is 0.0431. The van der Waals surface area contributed by atoms with Crippen LogP contribution in [0, 0.1) is 0 Å². The number of quaternary nitrogens is 1. The Hall–Kier alpha value is -0.860. The van der Waals surface area contributed by atoms with Gasteiger partial charge in [-0.3, -0.25) is 0 Å².